The summed E-state index contributed by atoms with van der Waals surface area (Å²) in [7, 11) is 0. The third-order valence-corrected chi connectivity index (χ3v) is 5.35. The minimum absolute atomic E-state index is 0.0341. The highest BCUT2D eigenvalue weighted by Gasteiger charge is 2.51. The lowest BCUT2D eigenvalue weighted by molar-refractivity contribution is -0.146. The zero-order valence-electron chi connectivity index (χ0n) is 17.0. The van der Waals surface area contributed by atoms with Crippen molar-refractivity contribution >= 4 is 17.4 Å². The van der Waals surface area contributed by atoms with Crippen LogP contribution in [-0.2, 0) is 4.79 Å². The molecule has 1 fully saturated rings. The lowest BCUT2D eigenvalue weighted by Crippen LogP contribution is -2.49. The number of carbonyl (C=O) groups is 1. The van der Waals surface area contributed by atoms with E-state index in [0.717, 1.165) is 22.9 Å². The van der Waals surface area contributed by atoms with Gasteiger partial charge in [0.1, 0.15) is 17.9 Å². The number of hydrogen-bond donors (Lipinski definition) is 1. The minimum Gasteiger partial charge on any atom is -0.332 e. The second-order valence-corrected chi connectivity index (χ2v) is 7.49. The molecule has 2 aromatic heterocycles. The Labute approximate surface area is 181 Å². The molecule has 0 saturated carbocycles. The van der Waals surface area contributed by atoms with Crippen molar-refractivity contribution < 1.29 is 22.4 Å². The van der Waals surface area contributed by atoms with Gasteiger partial charge in [-0.1, -0.05) is 12.1 Å². The number of halogens is 4. The van der Waals surface area contributed by atoms with Crippen LogP contribution in [-0.4, -0.2) is 39.1 Å². The molecule has 2 atom stereocenters. The number of nitrogens with zero attached hydrogens (tertiary/aromatic N) is 4. The Morgan fingerprint density at radius 1 is 1.09 bits per heavy atom. The average molecular weight is 445 g/mol. The zero-order valence-corrected chi connectivity index (χ0v) is 17.0. The number of rotatable bonds is 4. The van der Waals surface area contributed by atoms with Crippen LogP contribution in [0.25, 0.3) is 11.4 Å². The van der Waals surface area contributed by atoms with Crippen molar-refractivity contribution in [2.24, 2.45) is 0 Å². The highest BCUT2D eigenvalue weighted by atomic mass is 19.4. The largest absolute Gasteiger partial charge is 0.408 e. The van der Waals surface area contributed by atoms with Crippen LogP contribution in [0.2, 0.25) is 0 Å². The third kappa shape index (κ3) is 4.39. The highest BCUT2D eigenvalue weighted by Crippen LogP contribution is 2.39. The molecule has 0 aliphatic carbocycles. The molecule has 3 heterocycles. The van der Waals surface area contributed by atoms with E-state index < -0.39 is 30.0 Å². The van der Waals surface area contributed by atoms with Gasteiger partial charge in [0.15, 0.2) is 11.6 Å². The number of carbonyl (C=O) groups excluding carboxylic acids is 1. The number of aryl methyl sites for hydroxylation is 1. The number of amides is 1. The summed E-state index contributed by atoms with van der Waals surface area (Å²) in [5.74, 6) is -0.784. The summed E-state index contributed by atoms with van der Waals surface area (Å²) >= 11 is 0. The first kappa shape index (κ1) is 21.7. The Hall–Kier alpha value is -3.56. The summed E-state index contributed by atoms with van der Waals surface area (Å²) in [5, 5.41) is 2.70. The molecule has 1 aliphatic heterocycles. The summed E-state index contributed by atoms with van der Waals surface area (Å²) in [5.41, 5.74) is 1.74. The van der Waals surface area contributed by atoms with Gasteiger partial charge in [-0.15, -0.1) is 0 Å². The molecule has 3 aromatic rings. The van der Waals surface area contributed by atoms with Crippen molar-refractivity contribution in [2.45, 2.75) is 38.0 Å². The van der Waals surface area contributed by atoms with Crippen LogP contribution < -0.4 is 10.2 Å². The summed E-state index contributed by atoms with van der Waals surface area (Å²) in [6.07, 6.45) is -1.21. The molecule has 166 valence electrons. The molecule has 0 unspecified atom stereocenters. The lowest BCUT2D eigenvalue weighted by atomic mass is 10.1. The summed E-state index contributed by atoms with van der Waals surface area (Å²) < 4.78 is 54.0. The first-order chi connectivity index (χ1) is 15.2. The highest BCUT2D eigenvalue weighted by molar-refractivity contribution is 5.97. The topological polar surface area (TPSA) is 71.0 Å². The molecule has 32 heavy (non-hydrogen) atoms. The van der Waals surface area contributed by atoms with Gasteiger partial charge >= 0.3 is 6.18 Å². The maximum atomic E-state index is 13.6. The van der Waals surface area contributed by atoms with Crippen LogP contribution in [0.15, 0.2) is 55.0 Å². The van der Waals surface area contributed by atoms with Crippen LogP contribution in [0.1, 0.15) is 18.4 Å². The molecular formula is C22H19F4N5O. The smallest absolute Gasteiger partial charge is 0.332 e. The van der Waals surface area contributed by atoms with Gasteiger partial charge in [0.2, 0.25) is 5.91 Å². The third-order valence-electron chi connectivity index (χ3n) is 5.35. The van der Waals surface area contributed by atoms with Gasteiger partial charge < -0.3 is 10.2 Å². The average Bonchev–Trinajstić information content (AvgIpc) is 3.22. The number of nitrogens with one attached hydrogen (secondary N) is 1. The normalized spacial score (nSPS) is 18.6. The van der Waals surface area contributed by atoms with Gasteiger partial charge in [-0.05, 0) is 49.6 Å². The predicted molar refractivity (Wildman–Crippen MR) is 110 cm³/mol. The number of benzene rings is 1. The second-order valence-electron chi connectivity index (χ2n) is 7.49. The second kappa shape index (κ2) is 8.52. The Morgan fingerprint density at radius 2 is 1.84 bits per heavy atom. The van der Waals surface area contributed by atoms with Gasteiger partial charge in [0.05, 0.1) is 12.4 Å². The van der Waals surface area contributed by atoms with Gasteiger partial charge in [0, 0.05) is 17.4 Å². The molecule has 1 aliphatic rings. The molecule has 0 radical (unpaired) electrons. The van der Waals surface area contributed by atoms with Crippen LogP contribution >= 0.6 is 0 Å². The molecule has 10 heteroatoms. The molecule has 0 spiro atoms. The van der Waals surface area contributed by atoms with Crippen LogP contribution in [0.3, 0.4) is 0 Å². The number of aromatic nitrogens is 3. The van der Waals surface area contributed by atoms with Crippen molar-refractivity contribution in [3.63, 3.8) is 0 Å². The van der Waals surface area contributed by atoms with Gasteiger partial charge in [0.25, 0.3) is 0 Å². The Kier molecular flexibility index (Phi) is 5.77. The lowest BCUT2D eigenvalue weighted by Gasteiger charge is -2.31. The number of hydrogen-bond acceptors (Lipinski definition) is 5. The maximum absolute atomic E-state index is 13.6. The molecule has 6 nitrogen and oxygen atoms in total. The molecule has 1 N–H and O–H groups in total. The quantitative estimate of drug-likeness (QED) is 0.598. The summed E-state index contributed by atoms with van der Waals surface area (Å²) in [6, 6.07) is 6.78. The van der Waals surface area contributed by atoms with E-state index in [-0.39, 0.29) is 24.5 Å². The fraction of sp³-hybridized carbons (Fsp3) is 0.273. The van der Waals surface area contributed by atoms with Crippen molar-refractivity contribution in [1.29, 1.82) is 0 Å². The molecular weight excluding hydrogens is 426 g/mol. The monoisotopic (exact) mass is 445 g/mol. The van der Waals surface area contributed by atoms with Crippen LogP contribution in [0, 0.1) is 12.7 Å². The number of alkyl halides is 3. The Balaban J connectivity index is 1.60. The standard InChI is InChI=1S/C22H19F4N5O/c1-13-5-6-15(10-16(13)20-28-11-14(23)12-29-20)30-21(32)17-7-8-18(22(24,25)26)31(17)19-4-2-3-9-27-19/h2-6,9-12,17-18H,7-8H2,1H3,(H,30,32)/t17-,18+/m0/s1. The minimum atomic E-state index is -4.50. The van der Waals surface area contributed by atoms with Crippen LogP contribution in [0.4, 0.5) is 29.1 Å². The van der Waals surface area contributed by atoms with Crippen LogP contribution in [0.5, 0.6) is 0 Å². The maximum Gasteiger partial charge on any atom is 0.408 e. The SMILES string of the molecule is Cc1ccc(NC(=O)[C@@H]2CC[C@H](C(F)(F)F)N2c2ccccn2)cc1-c1ncc(F)cn1. The first-order valence-electron chi connectivity index (χ1n) is 9.89. The predicted octanol–water partition coefficient (Wildman–Crippen LogP) is 4.52. The van der Waals surface area contributed by atoms with Crippen molar-refractivity contribution in [3.8, 4) is 11.4 Å². The Morgan fingerprint density at radius 3 is 2.50 bits per heavy atom. The molecule has 0 bridgehead atoms. The zero-order chi connectivity index (χ0) is 22.9. The molecule has 4 rings (SSSR count). The van der Waals surface area contributed by atoms with E-state index >= 15 is 0 Å². The Bertz CT molecular complexity index is 1110. The van der Waals surface area contributed by atoms with Gasteiger partial charge in [-0.2, -0.15) is 13.2 Å². The van der Waals surface area contributed by atoms with Crippen molar-refractivity contribution in [3.05, 3.63) is 66.4 Å². The van der Waals surface area contributed by atoms with E-state index in [1.807, 2.05) is 0 Å². The van der Waals surface area contributed by atoms with E-state index in [1.165, 1.54) is 12.3 Å². The fourth-order valence-electron chi connectivity index (χ4n) is 3.83. The molecule has 1 amide bonds. The van der Waals surface area contributed by atoms with E-state index in [1.54, 1.807) is 37.3 Å². The van der Waals surface area contributed by atoms with E-state index in [0.29, 0.717) is 11.3 Å². The number of pyridine rings is 1. The van der Waals surface area contributed by atoms with E-state index in [9.17, 15) is 22.4 Å². The number of anilines is 2. The fourth-order valence-corrected chi connectivity index (χ4v) is 3.83. The molecule has 1 aromatic carbocycles. The van der Waals surface area contributed by atoms with Crippen molar-refractivity contribution in [2.75, 3.05) is 10.2 Å². The van der Waals surface area contributed by atoms with Gasteiger partial charge in [-0.3, -0.25) is 4.79 Å². The molecule has 1 saturated heterocycles. The first-order valence-corrected chi connectivity index (χ1v) is 9.89. The summed E-state index contributed by atoms with van der Waals surface area (Å²) in [4.78, 5) is 26.0. The van der Waals surface area contributed by atoms with E-state index in [4.69, 9.17) is 0 Å². The van der Waals surface area contributed by atoms with E-state index in [2.05, 4.69) is 20.3 Å². The summed E-state index contributed by atoms with van der Waals surface area (Å²) in [6.45, 7) is 1.81. The van der Waals surface area contributed by atoms with Crippen molar-refractivity contribution in [1.82, 2.24) is 15.0 Å². The van der Waals surface area contributed by atoms with Gasteiger partial charge in [-0.25, -0.2) is 19.3 Å².